The van der Waals surface area contributed by atoms with Crippen molar-refractivity contribution in [3.8, 4) is 0 Å². The zero-order chi connectivity index (χ0) is 14.8. The topological polar surface area (TPSA) is 43.4 Å². The van der Waals surface area contributed by atoms with Gasteiger partial charge in [-0.2, -0.15) is 0 Å². The quantitative estimate of drug-likeness (QED) is 0.794. The van der Waals surface area contributed by atoms with E-state index in [1.54, 1.807) is 39.8 Å². The Kier molecular flexibility index (Phi) is 5.42. The maximum atomic E-state index is 12.2. The molecule has 0 saturated heterocycles. The Bertz CT molecular complexity index is 509. The lowest BCUT2D eigenvalue weighted by molar-refractivity contribution is -0.153. The number of carbonyl (C=O) groups excluding carboxylic acids is 1. The van der Waals surface area contributed by atoms with Gasteiger partial charge in [0.1, 0.15) is 10.9 Å². The van der Waals surface area contributed by atoms with E-state index in [2.05, 4.69) is 0 Å². The van der Waals surface area contributed by atoms with E-state index in [4.69, 9.17) is 27.9 Å². The minimum atomic E-state index is -1.53. The third kappa shape index (κ3) is 4.79. The molecule has 0 aliphatic rings. The molecule has 1 rings (SSSR count). The highest BCUT2D eigenvalue weighted by molar-refractivity contribution is 7.86. The second-order valence-electron chi connectivity index (χ2n) is 5.05. The highest BCUT2D eigenvalue weighted by Gasteiger charge is 2.27. The minimum Gasteiger partial charge on any atom is -0.459 e. The first-order valence-electron chi connectivity index (χ1n) is 5.70. The van der Waals surface area contributed by atoms with Crippen LogP contribution in [-0.2, 0) is 20.3 Å². The predicted molar refractivity (Wildman–Crippen MR) is 78.2 cm³/mol. The average Bonchev–Trinajstić information content (AvgIpc) is 2.28. The van der Waals surface area contributed by atoms with Crippen LogP contribution in [0.1, 0.15) is 27.7 Å². The zero-order valence-electron chi connectivity index (χ0n) is 11.2. The van der Waals surface area contributed by atoms with Crippen molar-refractivity contribution in [2.45, 2.75) is 43.4 Å². The van der Waals surface area contributed by atoms with Crippen LogP contribution in [0.25, 0.3) is 0 Å². The molecule has 0 aliphatic carbocycles. The largest absolute Gasteiger partial charge is 0.459 e. The monoisotopic (exact) mass is 322 g/mol. The lowest BCUT2D eigenvalue weighted by Crippen LogP contribution is -2.32. The van der Waals surface area contributed by atoms with Crippen molar-refractivity contribution in [3.63, 3.8) is 0 Å². The number of carbonyl (C=O) groups is 1. The Morgan fingerprint density at radius 2 is 1.84 bits per heavy atom. The van der Waals surface area contributed by atoms with Crippen molar-refractivity contribution in [2.75, 3.05) is 0 Å². The maximum absolute atomic E-state index is 12.2. The number of esters is 1. The fourth-order valence-corrected chi connectivity index (χ4v) is 2.71. The third-order valence-corrected chi connectivity index (χ3v) is 4.48. The summed E-state index contributed by atoms with van der Waals surface area (Å²) in [5.41, 5.74) is -0.604. The lowest BCUT2D eigenvalue weighted by atomic mass is 10.2. The molecule has 2 unspecified atom stereocenters. The number of benzene rings is 1. The van der Waals surface area contributed by atoms with E-state index in [0.717, 1.165) is 0 Å². The fourth-order valence-electron chi connectivity index (χ4n) is 1.28. The van der Waals surface area contributed by atoms with Crippen LogP contribution in [0.2, 0.25) is 10.0 Å². The standard InChI is InChI=1S/C13H16Cl2O3S/c1-8(12(16)18-13(2,3)4)19(17)9-5-6-10(14)11(15)7-9/h5-8H,1-4H3. The molecule has 2 atom stereocenters. The van der Waals surface area contributed by atoms with Gasteiger partial charge in [0.2, 0.25) is 0 Å². The first kappa shape index (κ1) is 16.5. The summed E-state index contributed by atoms with van der Waals surface area (Å²) in [5, 5.41) is -0.0762. The molecule has 3 nitrogen and oxygen atoms in total. The van der Waals surface area contributed by atoms with Crippen molar-refractivity contribution in [2.24, 2.45) is 0 Å². The van der Waals surface area contributed by atoms with Gasteiger partial charge in [0.25, 0.3) is 0 Å². The Hall–Kier alpha value is -0.580. The van der Waals surface area contributed by atoms with Crippen molar-refractivity contribution in [1.82, 2.24) is 0 Å². The summed E-state index contributed by atoms with van der Waals surface area (Å²) in [6.45, 7) is 6.85. The summed E-state index contributed by atoms with van der Waals surface area (Å²) in [6, 6.07) is 4.64. The van der Waals surface area contributed by atoms with E-state index < -0.39 is 27.6 Å². The van der Waals surface area contributed by atoms with Gasteiger partial charge in [-0.3, -0.25) is 9.00 Å². The summed E-state index contributed by atoms with van der Waals surface area (Å²) >= 11 is 11.7. The number of hydrogen-bond donors (Lipinski definition) is 0. The molecule has 0 saturated carbocycles. The summed E-state index contributed by atoms with van der Waals surface area (Å²) in [6.07, 6.45) is 0. The number of hydrogen-bond acceptors (Lipinski definition) is 3. The van der Waals surface area contributed by atoms with Crippen LogP contribution in [0.5, 0.6) is 0 Å². The average molecular weight is 323 g/mol. The Labute approximate surface area is 125 Å². The molecule has 19 heavy (non-hydrogen) atoms. The molecule has 0 spiro atoms. The normalized spacial score (nSPS) is 14.8. The molecule has 0 heterocycles. The van der Waals surface area contributed by atoms with Crippen LogP contribution in [0, 0.1) is 0 Å². The van der Waals surface area contributed by atoms with E-state index in [1.165, 1.54) is 6.07 Å². The van der Waals surface area contributed by atoms with E-state index in [0.29, 0.717) is 14.9 Å². The smallest absolute Gasteiger partial charge is 0.322 e. The van der Waals surface area contributed by atoms with Crippen molar-refractivity contribution >= 4 is 40.0 Å². The van der Waals surface area contributed by atoms with Crippen LogP contribution < -0.4 is 0 Å². The summed E-state index contributed by atoms with van der Waals surface area (Å²) in [7, 11) is -1.53. The van der Waals surface area contributed by atoms with Crippen LogP contribution >= 0.6 is 23.2 Å². The van der Waals surface area contributed by atoms with E-state index in [1.807, 2.05) is 0 Å². The highest BCUT2D eigenvalue weighted by atomic mass is 35.5. The van der Waals surface area contributed by atoms with Gasteiger partial charge < -0.3 is 4.74 Å². The van der Waals surface area contributed by atoms with Gasteiger partial charge in [0.15, 0.2) is 0 Å². The molecule has 6 heteroatoms. The number of ether oxygens (including phenoxy) is 1. The predicted octanol–water partition coefficient (Wildman–Crippen LogP) is 3.83. The molecule has 106 valence electrons. The number of halogens is 2. The molecule has 0 bridgehead atoms. The SMILES string of the molecule is CC(C(=O)OC(C)(C)C)S(=O)c1ccc(Cl)c(Cl)c1. The van der Waals surface area contributed by atoms with E-state index in [-0.39, 0.29) is 0 Å². The van der Waals surface area contributed by atoms with E-state index in [9.17, 15) is 9.00 Å². The van der Waals surface area contributed by atoms with Crippen molar-refractivity contribution < 1.29 is 13.7 Å². The first-order chi connectivity index (χ1) is 8.61. The Morgan fingerprint density at radius 1 is 1.26 bits per heavy atom. The molecule has 0 radical (unpaired) electrons. The lowest BCUT2D eigenvalue weighted by Gasteiger charge is -2.22. The van der Waals surface area contributed by atoms with Gasteiger partial charge in [-0.05, 0) is 45.9 Å². The van der Waals surface area contributed by atoms with Crippen LogP contribution in [0.3, 0.4) is 0 Å². The van der Waals surface area contributed by atoms with Crippen molar-refractivity contribution in [1.29, 1.82) is 0 Å². The van der Waals surface area contributed by atoms with Gasteiger partial charge >= 0.3 is 5.97 Å². The summed E-state index contributed by atoms with van der Waals surface area (Å²) in [5.74, 6) is -0.503. The van der Waals surface area contributed by atoms with Gasteiger partial charge in [-0.15, -0.1) is 0 Å². The third-order valence-electron chi connectivity index (χ3n) is 2.18. The molecule has 0 amide bonds. The van der Waals surface area contributed by atoms with Gasteiger partial charge in [-0.1, -0.05) is 23.2 Å². The summed E-state index contributed by atoms with van der Waals surface area (Å²) < 4.78 is 17.4. The fraction of sp³-hybridized carbons (Fsp3) is 0.462. The molecule has 0 aromatic heterocycles. The second-order valence-corrected chi connectivity index (χ2v) is 7.64. The highest BCUT2D eigenvalue weighted by Crippen LogP contribution is 2.25. The number of rotatable bonds is 3. The van der Waals surface area contributed by atoms with Crippen LogP contribution in [-0.4, -0.2) is 21.0 Å². The summed E-state index contributed by atoms with van der Waals surface area (Å²) in [4.78, 5) is 12.3. The second kappa shape index (κ2) is 6.25. The Balaban J connectivity index is 2.87. The van der Waals surface area contributed by atoms with Gasteiger partial charge in [-0.25, -0.2) is 0 Å². The van der Waals surface area contributed by atoms with Gasteiger partial charge in [0, 0.05) is 4.90 Å². The molecule has 1 aromatic carbocycles. The molecule has 0 fully saturated rings. The molecular formula is C13H16Cl2O3S. The molecule has 0 aliphatic heterocycles. The maximum Gasteiger partial charge on any atom is 0.322 e. The molecule has 1 aromatic rings. The molecular weight excluding hydrogens is 307 g/mol. The Morgan fingerprint density at radius 3 is 2.32 bits per heavy atom. The van der Waals surface area contributed by atoms with Crippen LogP contribution in [0.4, 0.5) is 0 Å². The first-order valence-corrected chi connectivity index (χ1v) is 7.67. The minimum absolute atomic E-state index is 0.309. The van der Waals surface area contributed by atoms with Crippen molar-refractivity contribution in [3.05, 3.63) is 28.2 Å². The zero-order valence-corrected chi connectivity index (χ0v) is 13.5. The van der Waals surface area contributed by atoms with Gasteiger partial charge in [0.05, 0.1) is 20.8 Å². The van der Waals surface area contributed by atoms with Crippen LogP contribution in [0.15, 0.2) is 23.1 Å². The van der Waals surface area contributed by atoms with E-state index >= 15 is 0 Å². The molecule has 0 N–H and O–H groups in total.